The number of carbonyl (C=O) groups excluding carboxylic acids is 1. The van der Waals surface area contributed by atoms with E-state index >= 15 is 0 Å². The third-order valence-electron chi connectivity index (χ3n) is 2.46. The number of carbonyl (C=O) groups is 1. The van der Waals surface area contributed by atoms with Crippen LogP contribution < -0.4 is 11.1 Å². The number of nitrogens with two attached hydrogens (primary N) is 1. The number of methoxy groups -OCH3 is 1. The second-order valence-electron chi connectivity index (χ2n) is 3.55. The molecule has 1 aliphatic carbocycles. The number of rotatable bonds is 4. The Morgan fingerprint density at radius 3 is 2.92 bits per heavy atom. The molecule has 1 fully saturated rings. The van der Waals surface area contributed by atoms with Gasteiger partial charge in [-0.15, -0.1) is 0 Å². The maximum absolute atomic E-state index is 10.8. The SMILES string of the molecule is COC(=O)CCNC1CCC(N)C1. The minimum absolute atomic E-state index is 0.158. The summed E-state index contributed by atoms with van der Waals surface area (Å²) in [5, 5.41) is 3.30. The molecule has 0 amide bonds. The number of ether oxygens (including phenoxy) is 1. The molecule has 1 aliphatic rings. The molecular weight excluding hydrogens is 168 g/mol. The maximum Gasteiger partial charge on any atom is 0.306 e. The van der Waals surface area contributed by atoms with Crippen LogP contribution in [0.3, 0.4) is 0 Å². The van der Waals surface area contributed by atoms with E-state index in [1.54, 1.807) is 0 Å². The van der Waals surface area contributed by atoms with E-state index in [0.717, 1.165) is 19.3 Å². The minimum Gasteiger partial charge on any atom is -0.469 e. The molecule has 0 radical (unpaired) electrons. The first-order valence-electron chi connectivity index (χ1n) is 4.78. The second kappa shape index (κ2) is 5.19. The quantitative estimate of drug-likeness (QED) is 0.607. The number of nitrogens with one attached hydrogen (secondary N) is 1. The first-order valence-corrected chi connectivity index (χ1v) is 4.78. The molecule has 2 atom stereocenters. The highest BCUT2D eigenvalue weighted by Gasteiger charge is 2.20. The summed E-state index contributed by atoms with van der Waals surface area (Å²) in [6.45, 7) is 0.698. The average molecular weight is 186 g/mol. The van der Waals surface area contributed by atoms with Gasteiger partial charge in [0.25, 0.3) is 0 Å². The number of esters is 1. The zero-order valence-electron chi connectivity index (χ0n) is 8.08. The van der Waals surface area contributed by atoms with Crippen LogP contribution in [0.5, 0.6) is 0 Å². The summed E-state index contributed by atoms with van der Waals surface area (Å²) in [5.41, 5.74) is 5.75. The van der Waals surface area contributed by atoms with Crippen LogP contribution in [0.15, 0.2) is 0 Å². The van der Waals surface area contributed by atoms with E-state index in [4.69, 9.17) is 5.73 Å². The largest absolute Gasteiger partial charge is 0.469 e. The van der Waals surface area contributed by atoms with Gasteiger partial charge in [0.05, 0.1) is 13.5 Å². The molecule has 1 saturated carbocycles. The van der Waals surface area contributed by atoms with Crippen LogP contribution in [-0.2, 0) is 9.53 Å². The highest BCUT2D eigenvalue weighted by atomic mass is 16.5. The number of hydrogen-bond acceptors (Lipinski definition) is 4. The van der Waals surface area contributed by atoms with Gasteiger partial charge in [0.15, 0.2) is 0 Å². The fraction of sp³-hybridized carbons (Fsp3) is 0.889. The van der Waals surface area contributed by atoms with E-state index in [-0.39, 0.29) is 5.97 Å². The average Bonchev–Trinajstić information content (AvgIpc) is 2.51. The summed E-state index contributed by atoms with van der Waals surface area (Å²) in [7, 11) is 1.41. The Morgan fingerprint density at radius 1 is 1.62 bits per heavy atom. The van der Waals surface area contributed by atoms with E-state index in [9.17, 15) is 4.79 Å². The molecule has 0 spiro atoms. The predicted molar refractivity (Wildman–Crippen MR) is 50.3 cm³/mol. The zero-order chi connectivity index (χ0) is 9.68. The Kier molecular flexibility index (Phi) is 4.18. The summed E-state index contributed by atoms with van der Waals surface area (Å²) in [6.07, 6.45) is 3.70. The molecule has 76 valence electrons. The molecule has 2 unspecified atom stereocenters. The van der Waals surface area contributed by atoms with Gasteiger partial charge < -0.3 is 15.8 Å². The summed E-state index contributed by atoms with van der Waals surface area (Å²) in [6, 6.07) is 0.843. The lowest BCUT2D eigenvalue weighted by Crippen LogP contribution is -2.30. The van der Waals surface area contributed by atoms with Crippen LogP contribution in [0, 0.1) is 0 Å². The lowest BCUT2D eigenvalue weighted by Gasteiger charge is -2.10. The highest BCUT2D eigenvalue weighted by molar-refractivity contribution is 5.69. The molecule has 0 heterocycles. The smallest absolute Gasteiger partial charge is 0.306 e. The standard InChI is InChI=1S/C9H18N2O2/c1-13-9(12)4-5-11-8-3-2-7(10)6-8/h7-8,11H,2-6,10H2,1H3. The lowest BCUT2D eigenvalue weighted by atomic mass is 10.2. The van der Waals surface area contributed by atoms with Crippen LogP contribution in [0.2, 0.25) is 0 Å². The van der Waals surface area contributed by atoms with Crippen molar-refractivity contribution in [3.63, 3.8) is 0 Å². The maximum atomic E-state index is 10.8. The van der Waals surface area contributed by atoms with Gasteiger partial charge in [-0.3, -0.25) is 4.79 Å². The van der Waals surface area contributed by atoms with E-state index in [1.165, 1.54) is 7.11 Å². The van der Waals surface area contributed by atoms with Crippen molar-refractivity contribution in [2.45, 2.75) is 37.8 Å². The molecule has 0 aromatic carbocycles. The second-order valence-corrected chi connectivity index (χ2v) is 3.55. The number of hydrogen-bond donors (Lipinski definition) is 2. The van der Waals surface area contributed by atoms with Crippen molar-refractivity contribution in [3.05, 3.63) is 0 Å². The Balaban J connectivity index is 2.03. The van der Waals surface area contributed by atoms with Gasteiger partial charge in [0.2, 0.25) is 0 Å². The fourth-order valence-corrected chi connectivity index (χ4v) is 1.68. The van der Waals surface area contributed by atoms with Crippen LogP contribution in [0.4, 0.5) is 0 Å². The van der Waals surface area contributed by atoms with Crippen LogP contribution in [0.25, 0.3) is 0 Å². The Hall–Kier alpha value is -0.610. The van der Waals surface area contributed by atoms with Crippen LogP contribution >= 0.6 is 0 Å². The topological polar surface area (TPSA) is 64.3 Å². The van der Waals surface area contributed by atoms with Gasteiger partial charge in [-0.25, -0.2) is 0 Å². The van der Waals surface area contributed by atoms with Crippen molar-refractivity contribution in [2.24, 2.45) is 5.73 Å². The third-order valence-corrected chi connectivity index (χ3v) is 2.46. The normalized spacial score (nSPS) is 27.5. The molecule has 1 rings (SSSR count). The van der Waals surface area contributed by atoms with Crippen molar-refractivity contribution in [1.29, 1.82) is 0 Å². The fourth-order valence-electron chi connectivity index (χ4n) is 1.68. The van der Waals surface area contributed by atoms with E-state index in [2.05, 4.69) is 10.1 Å². The summed E-state index contributed by atoms with van der Waals surface area (Å²) < 4.78 is 4.53. The van der Waals surface area contributed by atoms with Gasteiger partial charge >= 0.3 is 5.97 Å². The molecule has 0 aliphatic heterocycles. The van der Waals surface area contributed by atoms with Crippen LogP contribution in [0.1, 0.15) is 25.7 Å². The molecule has 3 N–H and O–H groups in total. The van der Waals surface area contributed by atoms with Gasteiger partial charge in [-0.1, -0.05) is 0 Å². The van der Waals surface area contributed by atoms with E-state index in [1.807, 2.05) is 0 Å². The molecule has 0 aromatic rings. The Labute approximate surface area is 78.8 Å². The first kappa shape index (κ1) is 10.5. The minimum atomic E-state index is -0.158. The van der Waals surface area contributed by atoms with Gasteiger partial charge in [-0.2, -0.15) is 0 Å². The van der Waals surface area contributed by atoms with Crippen LogP contribution in [-0.4, -0.2) is 31.7 Å². The van der Waals surface area contributed by atoms with Crippen molar-refractivity contribution >= 4 is 5.97 Å². The highest BCUT2D eigenvalue weighted by Crippen LogP contribution is 2.16. The summed E-state index contributed by atoms with van der Waals surface area (Å²) in [5.74, 6) is -0.158. The zero-order valence-corrected chi connectivity index (χ0v) is 8.08. The van der Waals surface area contributed by atoms with Gasteiger partial charge in [0, 0.05) is 18.6 Å². The van der Waals surface area contributed by atoms with Crippen molar-refractivity contribution in [2.75, 3.05) is 13.7 Å². The van der Waals surface area contributed by atoms with Gasteiger partial charge in [-0.05, 0) is 19.3 Å². The predicted octanol–water partition coefficient (Wildman–Crippen LogP) is 0.0189. The lowest BCUT2D eigenvalue weighted by molar-refractivity contribution is -0.140. The summed E-state index contributed by atoms with van der Waals surface area (Å²) >= 11 is 0. The Morgan fingerprint density at radius 2 is 2.38 bits per heavy atom. The molecule has 0 aromatic heterocycles. The van der Waals surface area contributed by atoms with E-state index < -0.39 is 0 Å². The van der Waals surface area contributed by atoms with Crippen molar-refractivity contribution < 1.29 is 9.53 Å². The molecular formula is C9H18N2O2. The summed E-state index contributed by atoms with van der Waals surface area (Å²) in [4.78, 5) is 10.8. The van der Waals surface area contributed by atoms with Crippen molar-refractivity contribution in [1.82, 2.24) is 5.32 Å². The molecule has 13 heavy (non-hydrogen) atoms. The van der Waals surface area contributed by atoms with E-state index in [0.29, 0.717) is 25.0 Å². The van der Waals surface area contributed by atoms with Gasteiger partial charge in [0.1, 0.15) is 0 Å². The Bertz CT molecular complexity index is 173. The molecule has 0 bridgehead atoms. The molecule has 0 saturated heterocycles. The first-order chi connectivity index (χ1) is 6.22. The molecule has 4 nitrogen and oxygen atoms in total. The molecule has 4 heteroatoms. The monoisotopic (exact) mass is 186 g/mol. The van der Waals surface area contributed by atoms with Crippen molar-refractivity contribution in [3.8, 4) is 0 Å². The third kappa shape index (κ3) is 3.74.